The van der Waals surface area contributed by atoms with Crippen molar-refractivity contribution in [2.24, 2.45) is 11.8 Å². The molecule has 0 unspecified atom stereocenters. The van der Waals surface area contributed by atoms with Crippen molar-refractivity contribution in [3.63, 3.8) is 0 Å². The molecule has 0 radical (unpaired) electrons. The lowest BCUT2D eigenvalue weighted by Crippen LogP contribution is -2.13. The van der Waals surface area contributed by atoms with E-state index in [1.165, 1.54) is 32.8 Å². The van der Waals surface area contributed by atoms with E-state index in [1.54, 1.807) is 0 Å². The Bertz CT molecular complexity index is 235. The van der Waals surface area contributed by atoms with Gasteiger partial charge in [-0.2, -0.15) is 0 Å². The van der Waals surface area contributed by atoms with Crippen LogP contribution in [0.3, 0.4) is 0 Å². The third kappa shape index (κ3) is 3.69. The van der Waals surface area contributed by atoms with Gasteiger partial charge in [-0.3, -0.25) is 0 Å². The van der Waals surface area contributed by atoms with Crippen LogP contribution in [0.15, 0.2) is 11.6 Å². The summed E-state index contributed by atoms with van der Waals surface area (Å²) in [5.41, 5.74) is 0.844. The Kier molecular flexibility index (Phi) is 4.86. The fourth-order valence-electron chi connectivity index (χ4n) is 2.20. The standard InChI is InChI=1S/C13H22O2/c1-4-12(13(14)15-3)9-11-7-5-10(2)6-8-11/h9-11H,4-8H2,1-3H3. The monoisotopic (exact) mass is 210 g/mol. The van der Waals surface area contributed by atoms with Crippen LogP contribution in [0.1, 0.15) is 46.0 Å². The van der Waals surface area contributed by atoms with Gasteiger partial charge in [-0.15, -0.1) is 0 Å². The second kappa shape index (κ2) is 5.94. The molecule has 0 spiro atoms. The van der Waals surface area contributed by atoms with Gasteiger partial charge in [0, 0.05) is 5.57 Å². The van der Waals surface area contributed by atoms with E-state index in [-0.39, 0.29) is 5.97 Å². The number of methoxy groups -OCH3 is 1. The second-order valence-electron chi connectivity index (χ2n) is 4.56. The third-order valence-corrected chi connectivity index (χ3v) is 3.33. The number of allylic oxidation sites excluding steroid dienone is 1. The SMILES string of the molecule is CCC(=CC1CCC(C)CC1)C(=O)OC. The molecule has 1 rings (SSSR count). The number of rotatable bonds is 3. The molecule has 0 N–H and O–H groups in total. The van der Waals surface area contributed by atoms with Crippen LogP contribution in [-0.2, 0) is 9.53 Å². The first-order valence-electron chi connectivity index (χ1n) is 5.96. The largest absolute Gasteiger partial charge is 0.466 e. The number of ether oxygens (including phenoxy) is 1. The molecule has 0 bridgehead atoms. The van der Waals surface area contributed by atoms with E-state index in [4.69, 9.17) is 4.74 Å². The zero-order chi connectivity index (χ0) is 11.3. The van der Waals surface area contributed by atoms with Crippen LogP contribution >= 0.6 is 0 Å². The molecule has 86 valence electrons. The Morgan fingerprint density at radius 3 is 2.40 bits per heavy atom. The van der Waals surface area contributed by atoms with Crippen molar-refractivity contribution in [2.45, 2.75) is 46.0 Å². The van der Waals surface area contributed by atoms with Crippen molar-refractivity contribution in [3.8, 4) is 0 Å². The minimum atomic E-state index is -0.156. The van der Waals surface area contributed by atoms with Crippen molar-refractivity contribution >= 4 is 5.97 Å². The summed E-state index contributed by atoms with van der Waals surface area (Å²) >= 11 is 0. The lowest BCUT2D eigenvalue weighted by Gasteiger charge is -2.24. The maximum atomic E-state index is 11.4. The van der Waals surface area contributed by atoms with E-state index in [2.05, 4.69) is 13.0 Å². The zero-order valence-corrected chi connectivity index (χ0v) is 10.1. The third-order valence-electron chi connectivity index (χ3n) is 3.33. The van der Waals surface area contributed by atoms with Gasteiger partial charge in [-0.05, 0) is 31.1 Å². The van der Waals surface area contributed by atoms with Crippen molar-refractivity contribution in [3.05, 3.63) is 11.6 Å². The number of esters is 1. The molecule has 0 heterocycles. The van der Waals surface area contributed by atoms with Gasteiger partial charge in [-0.25, -0.2) is 4.79 Å². The summed E-state index contributed by atoms with van der Waals surface area (Å²) in [7, 11) is 1.45. The highest BCUT2D eigenvalue weighted by Gasteiger charge is 2.18. The van der Waals surface area contributed by atoms with E-state index >= 15 is 0 Å². The molecule has 1 aliphatic rings. The molecule has 0 aliphatic heterocycles. The predicted molar refractivity (Wildman–Crippen MR) is 61.5 cm³/mol. The molecule has 1 aliphatic carbocycles. The topological polar surface area (TPSA) is 26.3 Å². The van der Waals surface area contributed by atoms with Gasteiger partial charge in [0.05, 0.1) is 7.11 Å². The van der Waals surface area contributed by atoms with Crippen molar-refractivity contribution in [1.29, 1.82) is 0 Å². The highest BCUT2D eigenvalue weighted by Crippen LogP contribution is 2.30. The summed E-state index contributed by atoms with van der Waals surface area (Å²) in [6.45, 7) is 4.31. The normalized spacial score (nSPS) is 27.5. The molecule has 1 fully saturated rings. The number of hydrogen-bond acceptors (Lipinski definition) is 2. The van der Waals surface area contributed by atoms with Crippen molar-refractivity contribution < 1.29 is 9.53 Å². The van der Waals surface area contributed by atoms with Gasteiger partial charge in [0.2, 0.25) is 0 Å². The second-order valence-corrected chi connectivity index (χ2v) is 4.56. The average Bonchev–Trinajstić information content (AvgIpc) is 2.27. The maximum Gasteiger partial charge on any atom is 0.333 e. The van der Waals surface area contributed by atoms with Gasteiger partial charge >= 0.3 is 5.97 Å². The van der Waals surface area contributed by atoms with E-state index < -0.39 is 0 Å². The first kappa shape index (κ1) is 12.3. The van der Waals surface area contributed by atoms with Crippen LogP contribution in [-0.4, -0.2) is 13.1 Å². The number of carbonyl (C=O) groups is 1. The molecular weight excluding hydrogens is 188 g/mol. The molecule has 15 heavy (non-hydrogen) atoms. The maximum absolute atomic E-state index is 11.4. The van der Waals surface area contributed by atoms with E-state index in [0.717, 1.165) is 17.9 Å². The van der Waals surface area contributed by atoms with Crippen LogP contribution in [0.25, 0.3) is 0 Å². The van der Waals surface area contributed by atoms with Crippen LogP contribution in [0.4, 0.5) is 0 Å². The van der Waals surface area contributed by atoms with E-state index in [0.29, 0.717) is 5.92 Å². The highest BCUT2D eigenvalue weighted by atomic mass is 16.5. The number of carbonyl (C=O) groups excluding carboxylic acids is 1. The van der Waals surface area contributed by atoms with Crippen LogP contribution < -0.4 is 0 Å². The zero-order valence-electron chi connectivity index (χ0n) is 10.1. The molecule has 0 amide bonds. The Balaban J connectivity index is 2.55. The van der Waals surface area contributed by atoms with Crippen molar-refractivity contribution in [1.82, 2.24) is 0 Å². The lowest BCUT2D eigenvalue weighted by atomic mass is 9.82. The van der Waals surface area contributed by atoms with Gasteiger partial charge < -0.3 is 4.74 Å². The van der Waals surface area contributed by atoms with Gasteiger partial charge in [0.25, 0.3) is 0 Å². The predicted octanol–water partition coefficient (Wildman–Crippen LogP) is 3.32. The first-order chi connectivity index (χ1) is 7.17. The average molecular weight is 210 g/mol. The smallest absolute Gasteiger partial charge is 0.333 e. The quantitative estimate of drug-likeness (QED) is 0.527. The Hall–Kier alpha value is -0.790. The summed E-state index contributed by atoms with van der Waals surface area (Å²) in [5.74, 6) is 1.30. The molecule has 0 aromatic carbocycles. The van der Waals surface area contributed by atoms with E-state index in [9.17, 15) is 4.79 Å². The summed E-state index contributed by atoms with van der Waals surface area (Å²) < 4.78 is 4.76. The fraction of sp³-hybridized carbons (Fsp3) is 0.769. The molecule has 1 saturated carbocycles. The molecular formula is C13H22O2. The highest BCUT2D eigenvalue weighted by molar-refractivity contribution is 5.88. The van der Waals surface area contributed by atoms with Gasteiger partial charge in [0.15, 0.2) is 0 Å². The molecule has 0 aromatic rings. The first-order valence-corrected chi connectivity index (χ1v) is 5.96. The van der Waals surface area contributed by atoms with E-state index in [1.807, 2.05) is 6.92 Å². The minimum absolute atomic E-state index is 0.156. The molecule has 2 nitrogen and oxygen atoms in total. The molecule has 2 heteroatoms. The van der Waals surface area contributed by atoms with Crippen LogP contribution in [0.5, 0.6) is 0 Å². The molecule has 0 atom stereocenters. The van der Waals surface area contributed by atoms with Gasteiger partial charge in [-0.1, -0.05) is 32.8 Å². The van der Waals surface area contributed by atoms with Crippen LogP contribution in [0.2, 0.25) is 0 Å². The Labute approximate surface area is 92.7 Å². The summed E-state index contributed by atoms with van der Waals surface area (Å²) in [6, 6.07) is 0. The number of hydrogen-bond donors (Lipinski definition) is 0. The molecule has 0 saturated heterocycles. The summed E-state index contributed by atoms with van der Waals surface area (Å²) in [4.78, 5) is 11.4. The Morgan fingerprint density at radius 2 is 1.93 bits per heavy atom. The lowest BCUT2D eigenvalue weighted by molar-refractivity contribution is -0.136. The van der Waals surface area contributed by atoms with Gasteiger partial charge in [0.1, 0.15) is 0 Å². The minimum Gasteiger partial charge on any atom is -0.466 e. The van der Waals surface area contributed by atoms with Crippen LogP contribution in [0, 0.1) is 11.8 Å². The Morgan fingerprint density at radius 1 is 1.33 bits per heavy atom. The summed E-state index contributed by atoms with van der Waals surface area (Å²) in [5, 5.41) is 0. The fourth-order valence-corrected chi connectivity index (χ4v) is 2.20. The van der Waals surface area contributed by atoms with Crippen molar-refractivity contribution in [2.75, 3.05) is 7.11 Å². The molecule has 0 aromatic heterocycles. The summed E-state index contributed by atoms with van der Waals surface area (Å²) in [6.07, 6.45) is 7.94.